The molecular formula is C25H32N4O3S. The number of aromatic nitrogens is 3. The first-order chi connectivity index (χ1) is 16.2. The monoisotopic (exact) mass is 468 g/mol. The third-order valence-corrected chi connectivity index (χ3v) is 7.45. The highest BCUT2D eigenvalue weighted by atomic mass is 32.2. The van der Waals surface area contributed by atoms with Crippen molar-refractivity contribution in [3.05, 3.63) is 54.6 Å². The van der Waals surface area contributed by atoms with Crippen molar-refractivity contribution in [3.63, 3.8) is 0 Å². The molecule has 0 amide bonds. The number of likely N-dealkylation sites (tertiary alicyclic amines) is 1. The van der Waals surface area contributed by atoms with E-state index in [9.17, 15) is 10.2 Å². The van der Waals surface area contributed by atoms with E-state index < -0.39 is 6.10 Å². The predicted molar refractivity (Wildman–Crippen MR) is 130 cm³/mol. The van der Waals surface area contributed by atoms with Crippen LogP contribution in [0.2, 0.25) is 0 Å². The van der Waals surface area contributed by atoms with Crippen LogP contribution in [-0.4, -0.2) is 69.2 Å². The summed E-state index contributed by atoms with van der Waals surface area (Å²) in [4.78, 5) is 15.3. The normalized spacial score (nSPS) is 20.1. The maximum absolute atomic E-state index is 11.0. The molecule has 0 aliphatic carbocycles. The van der Waals surface area contributed by atoms with Crippen LogP contribution in [0.5, 0.6) is 5.75 Å². The third-order valence-electron chi connectivity index (χ3n) is 6.56. The largest absolute Gasteiger partial charge is 0.497 e. The molecule has 0 radical (unpaired) electrons. The molecule has 1 aliphatic heterocycles. The molecule has 0 unspecified atom stereocenters. The molecule has 4 rings (SSSR count). The number of nitrogens with zero attached hydrogens (tertiary/aromatic N) is 4. The highest BCUT2D eigenvalue weighted by Gasteiger charge is 2.29. The quantitative estimate of drug-likeness (QED) is 0.437. The minimum absolute atomic E-state index is 0.184. The van der Waals surface area contributed by atoms with Gasteiger partial charge in [-0.1, -0.05) is 0 Å². The van der Waals surface area contributed by atoms with Crippen molar-refractivity contribution in [3.8, 4) is 5.75 Å². The van der Waals surface area contributed by atoms with Gasteiger partial charge in [0.15, 0.2) is 0 Å². The molecule has 176 valence electrons. The topological polar surface area (TPSA) is 91.6 Å². The van der Waals surface area contributed by atoms with Crippen LogP contribution >= 0.6 is 11.8 Å². The first-order valence-corrected chi connectivity index (χ1v) is 12.5. The second-order valence-corrected chi connectivity index (χ2v) is 9.68. The first-order valence-electron chi connectivity index (χ1n) is 11.5. The van der Waals surface area contributed by atoms with Crippen molar-refractivity contribution in [1.82, 2.24) is 19.9 Å². The second kappa shape index (κ2) is 11.7. The lowest BCUT2D eigenvalue weighted by Crippen LogP contribution is -2.43. The van der Waals surface area contributed by atoms with Crippen LogP contribution < -0.4 is 4.74 Å². The number of fused-ring (bicyclic) bond motifs is 1. The Balaban J connectivity index is 1.30. The lowest BCUT2D eigenvalue weighted by molar-refractivity contribution is 0.0608. The molecule has 3 atom stereocenters. The van der Waals surface area contributed by atoms with E-state index in [1.54, 1.807) is 43.7 Å². The third kappa shape index (κ3) is 6.20. The lowest BCUT2D eigenvalue weighted by atomic mass is 9.81. The van der Waals surface area contributed by atoms with Gasteiger partial charge < -0.3 is 19.8 Å². The molecular weight excluding hydrogens is 436 g/mol. The molecule has 1 aromatic carbocycles. The van der Waals surface area contributed by atoms with E-state index in [1.165, 1.54) is 0 Å². The van der Waals surface area contributed by atoms with Gasteiger partial charge in [-0.3, -0.25) is 9.97 Å². The van der Waals surface area contributed by atoms with Gasteiger partial charge in [0.2, 0.25) is 0 Å². The van der Waals surface area contributed by atoms with E-state index in [2.05, 4.69) is 19.9 Å². The van der Waals surface area contributed by atoms with Gasteiger partial charge in [0, 0.05) is 49.4 Å². The van der Waals surface area contributed by atoms with Crippen LogP contribution in [0.15, 0.2) is 54.1 Å². The number of aliphatic hydroxyl groups excluding tert-OH is 2. The van der Waals surface area contributed by atoms with Crippen LogP contribution in [0.25, 0.3) is 10.9 Å². The molecule has 2 N–H and O–H groups in total. The molecule has 7 nitrogen and oxygen atoms in total. The second-order valence-electron chi connectivity index (χ2n) is 8.56. The lowest BCUT2D eigenvalue weighted by Gasteiger charge is -2.38. The van der Waals surface area contributed by atoms with Crippen molar-refractivity contribution >= 4 is 22.7 Å². The van der Waals surface area contributed by atoms with Crippen molar-refractivity contribution < 1.29 is 14.9 Å². The summed E-state index contributed by atoms with van der Waals surface area (Å²) >= 11 is 1.71. The number of thioether (sulfide) groups is 1. The van der Waals surface area contributed by atoms with E-state index >= 15 is 0 Å². The zero-order valence-electron chi connectivity index (χ0n) is 19.0. The van der Waals surface area contributed by atoms with Crippen LogP contribution in [0, 0.1) is 11.8 Å². The number of rotatable bonds is 10. The average molecular weight is 469 g/mol. The van der Waals surface area contributed by atoms with Crippen molar-refractivity contribution in [2.24, 2.45) is 11.8 Å². The zero-order valence-corrected chi connectivity index (χ0v) is 19.8. The maximum Gasteiger partial charge on any atom is 0.119 e. The molecule has 3 aromatic rings. The summed E-state index contributed by atoms with van der Waals surface area (Å²) in [5.74, 6) is 2.37. The summed E-state index contributed by atoms with van der Waals surface area (Å²) in [7, 11) is 1.64. The number of benzene rings is 1. The Kier molecular flexibility index (Phi) is 8.50. The average Bonchev–Trinajstić information content (AvgIpc) is 2.87. The number of methoxy groups -OCH3 is 1. The van der Waals surface area contributed by atoms with Gasteiger partial charge in [0.25, 0.3) is 0 Å². The van der Waals surface area contributed by atoms with Gasteiger partial charge in [-0.25, -0.2) is 4.98 Å². The fourth-order valence-electron chi connectivity index (χ4n) is 4.68. The van der Waals surface area contributed by atoms with Crippen molar-refractivity contribution in [2.75, 3.05) is 39.1 Å². The number of aliphatic hydroxyl groups is 2. The molecule has 1 aliphatic rings. The van der Waals surface area contributed by atoms with Gasteiger partial charge in [0.1, 0.15) is 10.8 Å². The molecule has 8 heteroatoms. The predicted octanol–water partition coefficient (Wildman–Crippen LogP) is 3.57. The Morgan fingerprint density at radius 3 is 2.88 bits per heavy atom. The molecule has 0 bridgehead atoms. The van der Waals surface area contributed by atoms with Crippen molar-refractivity contribution in [2.45, 2.75) is 30.4 Å². The minimum Gasteiger partial charge on any atom is -0.497 e. The first kappa shape index (κ1) is 23.9. The minimum atomic E-state index is -0.566. The summed E-state index contributed by atoms with van der Waals surface area (Å²) in [5, 5.41) is 22.9. The summed E-state index contributed by atoms with van der Waals surface area (Å²) in [6.45, 7) is 3.07. The van der Waals surface area contributed by atoms with Gasteiger partial charge in [-0.2, -0.15) is 0 Å². The zero-order chi connectivity index (χ0) is 23.0. The Labute approximate surface area is 199 Å². The number of hydrogen-bond donors (Lipinski definition) is 2. The molecule has 3 heterocycles. The number of piperidine rings is 1. The molecule has 0 saturated carbocycles. The van der Waals surface area contributed by atoms with E-state index in [0.717, 1.165) is 65.5 Å². The van der Waals surface area contributed by atoms with Gasteiger partial charge in [-0.05, 0) is 67.5 Å². The smallest absolute Gasteiger partial charge is 0.119 e. The summed E-state index contributed by atoms with van der Waals surface area (Å²) in [6, 6.07) is 7.64. The van der Waals surface area contributed by atoms with Crippen LogP contribution in [0.3, 0.4) is 0 Å². The fraction of sp³-hybridized carbons (Fsp3) is 0.480. The molecule has 1 fully saturated rings. The standard InChI is InChI=1S/C25H32N4O3S/c1-32-20-3-4-23-22(14-20)21(6-8-27-23)24(31)5-2-18-7-11-29(16-19(18)17-30)12-13-33-25-15-26-9-10-28-25/h3-4,6,8-10,14-15,18-19,24,30-31H,2,5,7,11-13,16-17H2,1H3/t18-,19-,24+/m1/s1. The van der Waals surface area contributed by atoms with Crippen LogP contribution in [0.1, 0.15) is 30.9 Å². The summed E-state index contributed by atoms with van der Waals surface area (Å²) < 4.78 is 5.35. The number of pyridine rings is 1. The number of ether oxygens (including phenoxy) is 1. The van der Waals surface area contributed by atoms with E-state index in [-0.39, 0.29) is 12.5 Å². The Morgan fingerprint density at radius 1 is 1.18 bits per heavy atom. The molecule has 0 spiro atoms. The van der Waals surface area contributed by atoms with E-state index in [1.807, 2.05) is 24.3 Å². The fourth-order valence-corrected chi connectivity index (χ4v) is 5.51. The Hall–Kier alpha value is -2.26. The molecule has 2 aromatic heterocycles. The highest BCUT2D eigenvalue weighted by Crippen LogP contribution is 2.33. The Morgan fingerprint density at radius 2 is 2.09 bits per heavy atom. The van der Waals surface area contributed by atoms with E-state index in [4.69, 9.17) is 4.74 Å². The van der Waals surface area contributed by atoms with Crippen LogP contribution in [0.4, 0.5) is 0 Å². The SMILES string of the molecule is COc1ccc2nccc([C@@H](O)CC[C@@H]3CCN(CCSc4cnccn4)C[C@@H]3CO)c2c1. The number of hydrogen-bond acceptors (Lipinski definition) is 8. The van der Waals surface area contributed by atoms with E-state index in [0.29, 0.717) is 12.3 Å². The maximum atomic E-state index is 11.0. The Bertz CT molecular complexity index is 1020. The molecule has 33 heavy (non-hydrogen) atoms. The summed E-state index contributed by atoms with van der Waals surface area (Å²) in [6.07, 6.45) is 8.98. The van der Waals surface area contributed by atoms with Gasteiger partial charge in [-0.15, -0.1) is 11.8 Å². The van der Waals surface area contributed by atoms with Crippen LogP contribution in [-0.2, 0) is 0 Å². The van der Waals surface area contributed by atoms with Gasteiger partial charge >= 0.3 is 0 Å². The van der Waals surface area contributed by atoms with Crippen molar-refractivity contribution in [1.29, 1.82) is 0 Å². The molecule has 1 saturated heterocycles. The summed E-state index contributed by atoms with van der Waals surface area (Å²) in [5.41, 5.74) is 1.74. The van der Waals surface area contributed by atoms with Gasteiger partial charge in [0.05, 0.1) is 24.9 Å². The highest BCUT2D eigenvalue weighted by molar-refractivity contribution is 7.99.